The van der Waals surface area contributed by atoms with Crippen molar-refractivity contribution in [3.63, 3.8) is 0 Å². The maximum absolute atomic E-state index is 4.27. The molecule has 1 atom stereocenters. The summed E-state index contributed by atoms with van der Waals surface area (Å²) in [5.74, 6) is 1.47. The summed E-state index contributed by atoms with van der Waals surface area (Å²) < 4.78 is 0. The first-order valence-corrected chi connectivity index (χ1v) is 7.72. The first-order chi connectivity index (χ1) is 10.0. The molecule has 0 heterocycles. The van der Waals surface area contributed by atoms with Crippen LogP contribution in [0.2, 0.25) is 0 Å². The number of hydrogen-bond donors (Lipinski definition) is 2. The molecule has 0 aliphatic carbocycles. The highest BCUT2D eigenvalue weighted by molar-refractivity contribution is 5.79. The molecule has 0 fully saturated rings. The van der Waals surface area contributed by atoms with Crippen LogP contribution in [0.15, 0.2) is 35.3 Å². The second kappa shape index (κ2) is 9.40. The fourth-order valence-corrected chi connectivity index (χ4v) is 1.92. The molecule has 0 spiro atoms. The standard InChI is InChI=1S/C17H30N4/c1-14(2)15(3)20-17(18-4)19-11-12-21(5)13-16-9-7-6-8-10-16/h6-10,14-15H,11-13H2,1-5H3,(H2,18,19,20). The third-order valence-electron chi connectivity index (χ3n) is 3.67. The van der Waals surface area contributed by atoms with Crippen LogP contribution in [-0.2, 0) is 6.54 Å². The number of nitrogens with zero attached hydrogens (tertiary/aromatic N) is 2. The van der Waals surface area contributed by atoms with Gasteiger partial charge in [-0.1, -0.05) is 44.2 Å². The normalized spacial score (nSPS) is 13.6. The highest BCUT2D eigenvalue weighted by Gasteiger charge is 2.08. The van der Waals surface area contributed by atoms with E-state index in [1.165, 1.54) is 5.56 Å². The largest absolute Gasteiger partial charge is 0.355 e. The van der Waals surface area contributed by atoms with E-state index in [0.717, 1.165) is 25.6 Å². The lowest BCUT2D eigenvalue weighted by atomic mass is 10.1. The van der Waals surface area contributed by atoms with E-state index >= 15 is 0 Å². The molecule has 0 aromatic heterocycles. The molecule has 0 amide bonds. The summed E-state index contributed by atoms with van der Waals surface area (Å²) in [5, 5.41) is 6.78. The van der Waals surface area contributed by atoms with Gasteiger partial charge in [-0.05, 0) is 25.5 Å². The average Bonchev–Trinajstić information content (AvgIpc) is 2.46. The molecule has 0 saturated carbocycles. The summed E-state index contributed by atoms with van der Waals surface area (Å²) in [6.07, 6.45) is 0. The highest BCUT2D eigenvalue weighted by Crippen LogP contribution is 2.02. The first-order valence-electron chi connectivity index (χ1n) is 7.72. The van der Waals surface area contributed by atoms with Crippen LogP contribution in [0.25, 0.3) is 0 Å². The molecule has 4 heteroatoms. The molecular weight excluding hydrogens is 260 g/mol. The summed E-state index contributed by atoms with van der Waals surface area (Å²) in [5.41, 5.74) is 1.34. The van der Waals surface area contributed by atoms with Crippen LogP contribution in [-0.4, -0.2) is 44.1 Å². The van der Waals surface area contributed by atoms with Crippen molar-refractivity contribution >= 4 is 5.96 Å². The molecule has 0 aliphatic heterocycles. The summed E-state index contributed by atoms with van der Waals surface area (Å²) in [7, 11) is 3.96. The second-order valence-electron chi connectivity index (χ2n) is 5.90. The van der Waals surface area contributed by atoms with Gasteiger partial charge in [-0.2, -0.15) is 0 Å². The molecule has 0 saturated heterocycles. The highest BCUT2D eigenvalue weighted by atomic mass is 15.2. The maximum Gasteiger partial charge on any atom is 0.191 e. The Labute approximate surface area is 129 Å². The Hall–Kier alpha value is -1.55. The van der Waals surface area contributed by atoms with Crippen molar-refractivity contribution in [2.24, 2.45) is 10.9 Å². The van der Waals surface area contributed by atoms with Gasteiger partial charge in [0.05, 0.1) is 0 Å². The smallest absolute Gasteiger partial charge is 0.191 e. The summed E-state index contributed by atoms with van der Waals surface area (Å²) in [6, 6.07) is 11.0. The van der Waals surface area contributed by atoms with Gasteiger partial charge >= 0.3 is 0 Å². The number of guanidine groups is 1. The van der Waals surface area contributed by atoms with Gasteiger partial charge < -0.3 is 15.5 Å². The molecule has 4 nitrogen and oxygen atoms in total. The fraction of sp³-hybridized carbons (Fsp3) is 0.588. The number of aliphatic imine (C=N–C) groups is 1. The molecule has 118 valence electrons. The number of nitrogens with one attached hydrogen (secondary N) is 2. The predicted octanol–water partition coefficient (Wildman–Crippen LogP) is 2.33. The van der Waals surface area contributed by atoms with E-state index in [1.807, 2.05) is 7.05 Å². The van der Waals surface area contributed by atoms with Gasteiger partial charge in [0, 0.05) is 32.7 Å². The SMILES string of the molecule is CN=C(NCCN(C)Cc1ccccc1)NC(C)C(C)C. The van der Waals surface area contributed by atoms with Gasteiger partial charge in [-0.15, -0.1) is 0 Å². The molecular formula is C17H30N4. The second-order valence-corrected chi connectivity index (χ2v) is 5.90. The van der Waals surface area contributed by atoms with E-state index in [2.05, 4.69) is 78.7 Å². The van der Waals surface area contributed by atoms with Crippen molar-refractivity contribution in [1.82, 2.24) is 15.5 Å². The number of hydrogen-bond acceptors (Lipinski definition) is 2. The lowest BCUT2D eigenvalue weighted by Gasteiger charge is -2.22. The van der Waals surface area contributed by atoms with Gasteiger partial charge in [-0.3, -0.25) is 4.99 Å². The van der Waals surface area contributed by atoms with Crippen LogP contribution < -0.4 is 10.6 Å². The van der Waals surface area contributed by atoms with E-state index in [1.54, 1.807) is 0 Å². The van der Waals surface area contributed by atoms with Crippen LogP contribution in [0.5, 0.6) is 0 Å². The van der Waals surface area contributed by atoms with Crippen molar-refractivity contribution in [3.05, 3.63) is 35.9 Å². The molecule has 0 radical (unpaired) electrons. The van der Waals surface area contributed by atoms with Crippen LogP contribution in [0.1, 0.15) is 26.3 Å². The monoisotopic (exact) mass is 290 g/mol. The van der Waals surface area contributed by atoms with Crippen LogP contribution in [0, 0.1) is 5.92 Å². The van der Waals surface area contributed by atoms with Crippen LogP contribution in [0.3, 0.4) is 0 Å². The topological polar surface area (TPSA) is 39.7 Å². The van der Waals surface area contributed by atoms with Gasteiger partial charge in [0.25, 0.3) is 0 Å². The third kappa shape index (κ3) is 7.14. The fourth-order valence-electron chi connectivity index (χ4n) is 1.92. The van der Waals surface area contributed by atoms with Crippen molar-refractivity contribution in [2.75, 3.05) is 27.2 Å². The molecule has 1 aromatic rings. The Morgan fingerprint density at radius 1 is 1.19 bits per heavy atom. The molecule has 0 bridgehead atoms. The Kier molecular flexibility index (Phi) is 7.83. The Morgan fingerprint density at radius 2 is 1.86 bits per heavy atom. The molecule has 0 aliphatic rings. The van der Waals surface area contributed by atoms with Gasteiger partial charge in [0.2, 0.25) is 0 Å². The number of rotatable bonds is 7. The van der Waals surface area contributed by atoms with Crippen molar-refractivity contribution in [2.45, 2.75) is 33.4 Å². The molecule has 21 heavy (non-hydrogen) atoms. The average molecular weight is 290 g/mol. The first kappa shape index (κ1) is 17.5. The van der Waals surface area contributed by atoms with Gasteiger partial charge in [-0.25, -0.2) is 0 Å². The molecule has 2 N–H and O–H groups in total. The molecule has 1 rings (SSSR count). The summed E-state index contributed by atoms with van der Waals surface area (Å²) in [4.78, 5) is 6.57. The predicted molar refractivity (Wildman–Crippen MR) is 91.6 cm³/mol. The van der Waals surface area contributed by atoms with E-state index < -0.39 is 0 Å². The zero-order valence-electron chi connectivity index (χ0n) is 14.1. The Balaban J connectivity index is 2.28. The van der Waals surface area contributed by atoms with Crippen molar-refractivity contribution in [3.8, 4) is 0 Å². The lowest BCUT2D eigenvalue weighted by Crippen LogP contribution is -2.46. The van der Waals surface area contributed by atoms with E-state index in [4.69, 9.17) is 0 Å². The van der Waals surface area contributed by atoms with E-state index in [0.29, 0.717) is 12.0 Å². The lowest BCUT2D eigenvalue weighted by molar-refractivity contribution is 0.330. The van der Waals surface area contributed by atoms with Gasteiger partial charge in [0.1, 0.15) is 0 Å². The summed E-state index contributed by atoms with van der Waals surface area (Å²) >= 11 is 0. The maximum atomic E-state index is 4.27. The van der Waals surface area contributed by atoms with E-state index in [-0.39, 0.29) is 0 Å². The minimum absolute atomic E-state index is 0.415. The summed E-state index contributed by atoms with van der Waals surface area (Å²) in [6.45, 7) is 9.42. The van der Waals surface area contributed by atoms with E-state index in [9.17, 15) is 0 Å². The molecule has 1 unspecified atom stereocenters. The minimum atomic E-state index is 0.415. The third-order valence-corrected chi connectivity index (χ3v) is 3.67. The Bertz CT molecular complexity index is 414. The zero-order chi connectivity index (χ0) is 15.7. The zero-order valence-corrected chi connectivity index (χ0v) is 14.1. The van der Waals surface area contributed by atoms with Crippen molar-refractivity contribution in [1.29, 1.82) is 0 Å². The number of benzene rings is 1. The van der Waals surface area contributed by atoms with Crippen molar-refractivity contribution < 1.29 is 0 Å². The minimum Gasteiger partial charge on any atom is -0.355 e. The quantitative estimate of drug-likeness (QED) is 0.598. The van der Waals surface area contributed by atoms with Crippen LogP contribution in [0.4, 0.5) is 0 Å². The van der Waals surface area contributed by atoms with Crippen LogP contribution >= 0.6 is 0 Å². The Morgan fingerprint density at radius 3 is 2.43 bits per heavy atom. The number of likely N-dealkylation sites (N-methyl/N-ethyl adjacent to an activating group) is 1. The molecule has 1 aromatic carbocycles. The van der Waals surface area contributed by atoms with Gasteiger partial charge in [0.15, 0.2) is 5.96 Å².